The van der Waals surface area contributed by atoms with Crippen molar-refractivity contribution in [1.29, 1.82) is 0 Å². The van der Waals surface area contributed by atoms with E-state index in [4.69, 9.17) is 5.21 Å². The van der Waals surface area contributed by atoms with Gasteiger partial charge < -0.3 is 0 Å². The van der Waals surface area contributed by atoms with Crippen molar-refractivity contribution in [3.05, 3.63) is 30.1 Å². The summed E-state index contributed by atoms with van der Waals surface area (Å²) < 4.78 is 0. The maximum Gasteiger partial charge on any atom is 0.278 e. The average Bonchev–Trinajstić information content (AvgIpc) is 2.17. The predicted octanol–water partition coefficient (Wildman–Crippen LogP) is 0.933. The van der Waals surface area contributed by atoms with E-state index in [-0.39, 0.29) is 6.54 Å². The number of carbonyl (C=O) groups excluding carboxylic acids is 1. The van der Waals surface area contributed by atoms with E-state index in [1.54, 1.807) is 25.3 Å². The maximum absolute atomic E-state index is 11.2. The molecule has 0 radical (unpaired) electrons. The Morgan fingerprint density at radius 2 is 2.50 bits per heavy atom. The van der Waals surface area contributed by atoms with Crippen LogP contribution in [0.1, 0.15) is 17.3 Å². The molecule has 1 rings (SSSR count). The highest BCUT2D eigenvalue weighted by Crippen LogP contribution is 1.99. The summed E-state index contributed by atoms with van der Waals surface area (Å²) in [4.78, 5) is 15.0. The van der Waals surface area contributed by atoms with E-state index in [9.17, 15) is 4.79 Å². The summed E-state index contributed by atoms with van der Waals surface area (Å²) in [5, 5.41) is 9.69. The van der Waals surface area contributed by atoms with E-state index in [2.05, 4.69) is 4.98 Å². The first kappa shape index (κ1) is 8.67. The molecule has 64 valence electrons. The fourth-order valence-electron chi connectivity index (χ4n) is 0.782. The monoisotopic (exact) mass is 166 g/mol. The molecule has 0 spiro atoms. The summed E-state index contributed by atoms with van der Waals surface area (Å²) in [6.07, 6.45) is 2.99. The van der Waals surface area contributed by atoms with Gasteiger partial charge in [0.15, 0.2) is 0 Å². The molecular weight excluding hydrogens is 156 g/mol. The summed E-state index contributed by atoms with van der Waals surface area (Å²) >= 11 is 0. The quantitative estimate of drug-likeness (QED) is 0.525. The lowest BCUT2D eigenvalue weighted by Gasteiger charge is -2.10. The highest BCUT2D eigenvalue weighted by molar-refractivity contribution is 5.92. The number of rotatable bonds is 2. The number of nitrogens with zero attached hydrogens (tertiary/aromatic N) is 2. The van der Waals surface area contributed by atoms with Crippen LogP contribution in [0.15, 0.2) is 24.5 Å². The molecule has 12 heavy (non-hydrogen) atoms. The van der Waals surface area contributed by atoms with Crippen molar-refractivity contribution in [2.24, 2.45) is 0 Å². The number of hydrogen-bond acceptors (Lipinski definition) is 3. The Bertz CT molecular complexity index is 261. The summed E-state index contributed by atoms with van der Waals surface area (Å²) in [7, 11) is 0. The molecule has 0 bridgehead atoms. The Kier molecular flexibility index (Phi) is 2.76. The van der Waals surface area contributed by atoms with Crippen molar-refractivity contribution in [2.45, 2.75) is 6.92 Å². The number of hydroxylamine groups is 2. The van der Waals surface area contributed by atoms with Gasteiger partial charge in [-0.05, 0) is 19.1 Å². The Labute approximate surface area is 70.4 Å². The molecule has 1 amide bonds. The van der Waals surface area contributed by atoms with Gasteiger partial charge in [0.2, 0.25) is 0 Å². The van der Waals surface area contributed by atoms with E-state index >= 15 is 0 Å². The van der Waals surface area contributed by atoms with E-state index in [0.29, 0.717) is 10.6 Å². The fraction of sp³-hybridized carbons (Fsp3) is 0.250. The molecule has 0 aliphatic heterocycles. The first-order valence-electron chi connectivity index (χ1n) is 3.66. The van der Waals surface area contributed by atoms with Crippen LogP contribution in [0.2, 0.25) is 0 Å². The van der Waals surface area contributed by atoms with Crippen molar-refractivity contribution < 1.29 is 10.0 Å². The normalized spacial score (nSPS) is 9.50. The molecular formula is C8H10N2O2. The topological polar surface area (TPSA) is 53.4 Å². The number of hydrogen-bond donors (Lipinski definition) is 1. The van der Waals surface area contributed by atoms with Gasteiger partial charge in [-0.1, -0.05) is 0 Å². The van der Waals surface area contributed by atoms with E-state index < -0.39 is 5.91 Å². The summed E-state index contributed by atoms with van der Waals surface area (Å²) in [6, 6.07) is 3.25. The molecule has 4 heteroatoms. The zero-order valence-electron chi connectivity index (χ0n) is 6.77. The van der Waals surface area contributed by atoms with Gasteiger partial charge in [0.05, 0.1) is 5.56 Å². The van der Waals surface area contributed by atoms with Crippen LogP contribution in [0.25, 0.3) is 0 Å². The molecule has 0 aliphatic carbocycles. The van der Waals surface area contributed by atoms with Gasteiger partial charge in [0.25, 0.3) is 5.91 Å². The van der Waals surface area contributed by atoms with Crippen molar-refractivity contribution in [3.63, 3.8) is 0 Å². The first-order chi connectivity index (χ1) is 5.75. The third-order valence-electron chi connectivity index (χ3n) is 1.44. The van der Waals surface area contributed by atoms with Gasteiger partial charge in [0.1, 0.15) is 0 Å². The number of pyridine rings is 1. The Balaban J connectivity index is 2.79. The SMILES string of the molecule is CCN(O)C(=O)c1cccnc1. The first-order valence-corrected chi connectivity index (χ1v) is 3.66. The Morgan fingerprint density at radius 1 is 1.75 bits per heavy atom. The molecule has 0 aliphatic rings. The standard InChI is InChI=1S/C8H10N2O2/c1-2-10(12)8(11)7-4-3-5-9-6-7/h3-6,12H,2H2,1H3. The highest BCUT2D eigenvalue weighted by atomic mass is 16.5. The summed E-state index contributed by atoms with van der Waals surface area (Å²) in [6.45, 7) is 1.96. The van der Waals surface area contributed by atoms with Crippen LogP contribution in [0.4, 0.5) is 0 Å². The van der Waals surface area contributed by atoms with Gasteiger partial charge in [0, 0.05) is 18.9 Å². The molecule has 0 saturated heterocycles. The zero-order valence-corrected chi connectivity index (χ0v) is 6.77. The van der Waals surface area contributed by atoms with E-state index in [1.165, 1.54) is 6.20 Å². The van der Waals surface area contributed by atoms with Gasteiger partial charge in [-0.2, -0.15) is 0 Å². The van der Waals surface area contributed by atoms with Crippen molar-refractivity contribution in [1.82, 2.24) is 10.0 Å². The largest absolute Gasteiger partial charge is 0.286 e. The molecule has 0 unspecified atom stereocenters. The van der Waals surface area contributed by atoms with Crippen molar-refractivity contribution >= 4 is 5.91 Å². The molecule has 1 aromatic rings. The van der Waals surface area contributed by atoms with Gasteiger partial charge in [-0.3, -0.25) is 15.0 Å². The molecule has 1 aromatic heterocycles. The lowest BCUT2D eigenvalue weighted by Crippen LogP contribution is -2.26. The van der Waals surface area contributed by atoms with Crippen LogP contribution in [0, 0.1) is 0 Å². The summed E-state index contributed by atoms with van der Waals surface area (Å²) in [5.41, 5.74) is 0.391. The van der Waals surface area contributed by atoms with Gasteiger partial charge >= 0.3 is 0 Å². The van der Waals surface area contributed by atoms with Crippen LogP contribution in [0.5, 0.6) is 0 Å². The molecule has 4 nitrogen and oxygen atoms in total. The van der Waals surface area contributed by atoms with Crippen LogP contribution in [-0.2, 0) is 0 Å². The minimum absolute atomic E-state index is 0.272. The lowest BCUT2D eigenvalue weighted by molar-refractivity contribution is -0.0541. The van der Waals surface area contributed by atoms with E-state index in [1.807, 2.05) is 0 Å². The second kappa shape index (κ2) is 3.82. The van der Waals surface area contributed by atoms with Crippen LogP contribution in [-0.4, -0.2) is 27.7 Å². The summed E-state index contributed by atoms with van der Waals surface area (Å²) in [5.74, 6) is -0.425. The maximum atomic E-state index is 11.2. The zero-order chi connectivity index (χ0) is 8.97. The van der Waals surface area contributed by atoms with Crippen LogP contribution >= 0.6 is 0 Å². The van der Waals surface area contributed by atoms with Crippen molar-refractivity contribution in [2.75, 3.05) is 6.54 Å². The predicted molar refractivity (Wildman–Crippen MR) is 42.7 cm³/mol. The molecule has 0 aromatic carbocycles. The molecule has 0 fully saturated rings. The molecule has 0 saturated carbocycles. The third kappa shape index (κ3) is 1.79. The van der Waals surface area contributed by atoms with Gasteiger partial charge in [-0.15, -0.1) is 0 Å². The van der Waals surface area contributed by atoms with Gasteiger partial charge in [-0.25, -0.2) is 5.06 Å². The lowest BCUT2D eigenvalue weighted by atomic mass is 10.3. The Hall–Kier alpha value is -1.42. The van der Waals surface area contributed by atoms with E-state index in [0.717, 1.165) is 0 Å². The van der Waals surface area contributed by atoms with Crippen LogP contribution < -0.4 is 0 Å². The molecule has 1 N–H and O–H groups in total. The second-order valence-corrected chi connectivity index (χ2v) is 2.26. The Morgan fingerprint density at radius 3 is 3.00 bits per heavy atom. The van der Waals surface area contributed by atoms with Crippen LogP contribution in [0.3, 0.4) is 0 Å². The third-order valence-corrected chi connectivity index (χ3v) is 1.44. The minimum Gasteiger partial charge on any atom is -0.286 e. The molecule has 0 atom stereocenters. The molecule has 1 heterocycles. The number of carbonyl (C=O) groups is 1. The minimum atomic E-state index is -0.425. The smallest absolute Gasteiger partial charge is 0.278 e. The number of aromatic nitrogens is 1. The highest BCUT2D eigenvalue weighted by Gasteiger charge is 2.10. The van der Waals surface area contributed by atoms with Crippen molar-refractivity contribution in [3.8, 4) is 0 Å². The average molecular weight is 166 g/mol. The fourth-order valence-corrected chi connectivity index (χ4v) is 0.782. The number of amides is 1. The second-order valence-electron chi connectivity index (χ2n) is 2.26.